The number of carbonyl (C=O) groups excluding carboxylic acids is 1. The molecule has 0 saturated heterocycles. The number of carbonyl (C=O) groups is 1. The van der Waals surface area contributed by atoms with Crippen LogP contribution in [-0.2, 0) is 0 Å². The van der Waals surface area contributed by atoms with Gasteiger partial charge in [-0.2, -0.15) is 0 Å². The van der Waals surface area contributed by atoms with E-state index in [1.54, 1.807) is 12.4 Å². The number of aromatic amines is 1. The Kier molecular flexibility index (Phi) is 4.29. The molecule has 25 heavy (non-hydrogen) atoms. The Morgan fingerprint density at radius 2 is 2.04 bits per heavy atom. The molecule has 7 heteroatoms. The number of rotatable bonds is 2. The molecule has 0 atom stereocenters. The van der Waals surface area contributed by atoms with Gasteiger partial charge in [0.1, 0.15) is 5.52 Å². The van der Waals surface area contributed by atoms with Gasteiger partial charge >= 0.3 is 6.03 Å². The molecule has 0 radical (unpaired) electrons. The van der Waals surface area contributed by atoms with Crippen molar-refractivity contribution in [1.82, 2.24) is 15.0 Å². The topological polar surface area (TPSA) is 96.7 Å². The van der Waals surface area contributed by atoms with Gasteiger partial charge in [-0.25, -0.2) is 9.78 Å². The van der Waals surface area contributed by atoms with Gasteiger partial charge in [-0.3, -0.25) is 10.3 Å². The van der Waals surface area contributed by atoms with Crippen LogP contribution in [0.1, 0.15) is 5.69 Å². The molecule has 0 aliphatic heterocycles. The van der Waals surface area contributed by atoms with Gasteiger partial charge in [0.2, 0.25) is 0 Å². The van der Waals surface area contributed by atoms with E-state index in [0.717, 1.165) is 33.1 Å². The SMILES string of the molecule is Cc1cc2cc(-c3cnc(NC(N)=O)c4ncccc34)ccc2[nH]1.Cl. The lowest BCUT2D eigenvalue weighted by molar-refractivity contribution is 0.259. The number of anilines is 1. The van der Waals surface area contributed by atoms with E-state index < -0.39 is 6.03 Å². The molecule has 0 aliphatic rings. The molecule has 4 N–H and O–H groups in total. The van der Waals surface area contributed by atoms with Crippen molar-refractivity contribution in [3.05, 3.63) is 54.5 Å². The second kappa shape index (κ2) is 6.41. The first-order valence-electron chi connectivity index (χ1n) is 7.52. The zero-order valence-corrected chi connectivity index (χ0v) is 14.2. The van der Waals surface area contributed by atoms with Crippen molar-refractivity contribution in [2.45, 2.75) is 6.92 Å². The van der Waals surface area contributed by atoms with E-state index >= 15 is 0 Å². The largest absolute Gasteiger partial charge is 0.359 e. The quantitative estimate of drug-likeness (QED) is 0.508. The van der Waals surface area contributed by atoms with Gasteiger partial charge in [0.25, 0.3) is 0 Å². The minimum atomic E-state index is -0.661. The number of hydrogen-bond acceptors (Lipinski definition) is 3. The van der Waals surface area contributed by atoms with Crippen LogP contribution in [0.15, 0.2) is 48.8 Å². The zero-order valence-electron chi connectivity index (χ0n) is 13.4. The summed E-state index contributed by atoms with van der Waals surface area (Å²) in [4.78, 5) is 23.1. The molecule has 4 rings (SSSR count). The van der Waals surface area contributed by atoms with E-state index in [0.29, 0.717) is 11.3 Å². The molecule has 6 nitrogen and oxygen atoms in total. The highest BCUT2D eigenvalue weighted by Gasteiger charge is 2.12. The number of urea groups is 1. The van der Waals surface area contributed by atoms with Crippen molar-refractivity contribution in [2.24, 2.45) is 5.73 Å². The van der Waals surface area contributed by atoms with Gasteiger partial charge in [-0.05, 0) is 36.8 Å². The van der Waals surface area contributed by atoms with Crippen LogP contribution in [0.2, 0.25) is 0 Å². The number of H-pyrrole nitrogens is 1. The number of nitrogens with one attached hydrogen (secondary N) is 2. The molecular formula is C18H16ClN5O. The number of benzene rings is 1. The molecule has 0 aliphatic carbocycles. The lowest BCUT2D eigenvalue weighted by Gasteiger charge is -2.10. The first-order chi connectivity index (χ1) is 11.6. The molecule has 126 valence electrons. The second-order valence-corrected chi connectivity index (χ2v) is 5.66. The van der Waals surface area contributed by atoms with Crippen LogP contribution in [0.4, 0.5) is 10.6 Å². The Morgan fingerprint density at radius 3 is 2.84 bits per heavy atom. The molecule has 0 saturated carbocycles. The van der Waals surface area contributed by atoms with Gasteiger partial charge in [-0.15, -0.1) is 12.4 Å². The zero-order chi connectivity index (χ0) is 16.7. The summed E-state index contributed by atoms with van der Waals surface area (Å²) in [6.45, 7) is 2.03. The molecular weight excluding hydrogens is 338 g/mol. The van der Waals surface area contributed by atoms with Gasteiger partial charge in [0.15, 0.2) is 5.82 Å². The smallest absolute Gasteiger partial charge is 0.317 e. The number of hydrogen-bond donors (Lipinski definition) is 3. The van der Waals surface area contributed by atoms with Crippen LogP contribution in [-0.4, -0.2) is 21.0 Å². The van der Waals surface area contributed by atoms with Gasteiger partial charge in [-0.1, -0.05) is 12.1 Å². The Morgan fingerprint density at radius 1 is 1.20 bits per heavy atom. The number of halogens is 1. The second-order valence-electron chi connectivity index (χ2n) is 5.66. The fraction of sp³-hybridized carbons (Fsp3) is 0.0556. The number of nitrogens with two attached hydrogens (primary N) is 1. The van der Waals surface area contributed by atoms with Crippen molar-refractivity contribution < 1.29 is 4.79 Å². The van der Waals surface area contributed by atoms with E-state index in [2.05, 4.69) is 38.5 Å². The first-order valence-corrected chi connectivity index (χ1v) is 7.52. The number of nitrogens with zero attached hydrogens (tertiary/aromatic N) is 2. The van der Waals surface area contributed by atoms with Crippen molar-refractivity contribution in [2.75, 3.05) is 5.32 Å². The van der Waals surface area contributed by atoms with Gasteiger partial charge < -0.3 is 10.7 Å². The summed E-state index contributed by atoms with van der Waals surface area (Å²) in [5.41, 5.74) is 10.0. The minimum absolute atomic E-state index is 0. The van der Waals surface area contributed by atoms with Crippen molar-refractivity contribution >= 4 is 46.1 Å². The normalized spacial score (nSPS) is 10.6. The van der Waals surface area contributed by atoms with Gasteiger partial charge in [0.05, 0.1) is 0 Å². The van der Waals surface area contributed by atoms with Crippen LogP contribution in [0.25, 0.3) is 32.9 Å². The summed E-state index contributed by atoms with van der Waals surface area (Å²) in [5.74, 6) is 0.361. The minimum Gasteiger partial charge on any atom is -0.359 e. The van der Waals surface area contributed by atoms with Crippen LogP contribution < -0.4 is 11.1 Å². The summed E-state index contributed by atoms with van der Waals surface area (Å²) in [5, 5.41) is 4.57. The molecule has 1 aromatic carbocycles. The number of aryl methyl sites for hydroxylation is 1. The summed E-state index contributed by atoms with van der Waals surface area (Å²) < 4.78 is 0. The molecule has 2 amide bonds. The van der Waals surface area contributed by atoms with E-state index in [-0.39, 0.29) is 12.4 Å². The highest BCUT2D eigenvalue weighted by molar-refractivity contribution is 6.04. The maximum atomic E-state index is 11.2. The number of aromatic nitrogens is 3. The average molecular weight is 354 g/mol. The molecule has 0 bridgehead atoms. The predicted octanol–water partition coefficient (Wildman–Crippen LogP) is 4.00. The number of amides is 2. The molecule has 4 aromatic rings. The number of pyridine rings is 2. The lowest BCUT2D eigenvalue weighted by Crippen LogP contribution is -2.20. The summed E-state index contributed by atoms with van der Waals surface area (Å²) in [6.07, 6.45) is 3.40. The standard InChI is InChI=1S/C18H15N5O.ClH/c1-10-7-12-8-11(4-5-15(12)22-10)14-9-21-17(23-18(19)24)16-13(14)3-2-6-20-16;/h2-9,22H,1H3,(H3,19,21,23,24);1H. The Bertz CT molecular complexity index is 1090. The van der Waals surface area contributed by atoms with Crippen LogP contribution in [0.3, 0.4) is 0 Å². The summed E-state index contributed by atoms with van der Waals surface area (Å²) in [6, 6.07) is 11.5. The van der Waals surface area contributed by atoms with Crippen molar-refractivity contribution in [3.8, 4) is 11.1 Å². The first kappa shape index (κ1) is 16.7. The molecule has 3 heterocycles. The Balaban J connectivity index is 0.00000182. The average Bonchev–Trinajstić information content (AvgIpc) is 2.94. The van der Waals surface area contributed by atoms with Gasteiger partial charge in [0, 0.05) is 39.9 Å². The highest BCUT2D eigenvalue weighted by Crippen LogP contribution is 2.32. The summed E-state index contributed by atoms with van der Waals surface area (Å²) in [7, 11) is 0. The van der Waals surface area contributed by atoms with Crippen molar-refractivity contribution in [1.29, 1.82) is 0 Å². The highest BCUT2D eigenvalue weighted by atomic mass is 35.5. The lowest BCUT2D eigenvalue weighted by atomic mass is 10.0. The monoisotopic (exact) mass is 353 g/mol. The third-order valence-corrected chi connectivity index (χ3v) is 3.95. The number of primary amides is 1. The van der Waals surface area contributed by atoms with Crippen LogP contribution in [0, 0.1) is 6.92 Å². The molecule has 3 aromatic heterocycles. The fourth-order valence-corrected chi connectivity index (χ4v) is 2.95. The van der Waals surface area contributed by atoms with E-state index in [1.165, 1.54) is 0 Å². The van der Waals surface area contributed by atoms with Crippen LogP contribution in [0.5, 0.6) is 0 Å². The Hall–Kier alpha value is -3.12. The fourth-order valence-electron chi connectivity index (χ4n) is 2.95. The Labute approximate surface area is 149 Å². The predicted molar refractivity (Wildman–Crippen MR) is 102 cm³/mol. The van der Waals surface area contributed by atoms with E-state index in [1.807, 2.05) is 25.1 Å². The van der Waals surface area contributed by atoms with Crippen molar-refractivity contribution in [3.63, 3.8) is 0 Å². The maximum absolute atomic E-state index is 11.2. The molecule has 0 unspecified atom stereocenters. The third-order valence-electron chi connectivity index (χ3n) is 3.95. The molecule has 0 spiro atoms. The van der Waals surface area contributed by atoms with E-state index in [9.17, 15) is 4.79 Å². The number of fused-ring (bicyclic) bond motifs is 2. The summed E-state index contributed by atoms with van der Waals surface area (Å²) >= 11 is 0. The maximum Gasteiger partial charge on any atom is 0.317 e. The third kappa shape index (κ3) is 2.99. The molecule has 0 fully saturated rings. The van der Waals surface area contributed by atoms with E-state index in [4.69, 9.17) is 5.73 Å². The van der Waals surface area contributed by atoms with Crippen LogP contribution >= 0.6 is 12.4 Å².